The molecule has 0 unspecified atom stereocenters. The Morgan fingerprint density at radius 2 is 2.35 bits per heavy atom. The van der Waals surface area contributed by atoms with Gasteiger partial charge < -0.3 is 9.73 Å². The molecule has 1 N–H and O–H groups in total. The van der Waals surface area contributed by atoms with Crippen molar-refractivity contribution >= 4 is 22.8 Å². The second kappa shape index (κ2) is 4.61. The molecule has 0 aliphatic rings. The lowest BCUT2D eigenvalue weighted by Crippen LogP contribution is -2.02. The molecular weight excluding hydrogens is 264 g/mol. The second-order valence-corrected chi connectivity index (χ2v) is 4.09. The van der Waals surface area contributed by atoms with E-state index in [-0.39, 0.29) is 17.2 Å². The monoisotopic (exact) mass is 274 g/mol. The molecule has 3 rings (SSSR count). The van der Waals surface area contributed by atoms with Crippen LogP contribution in [0.15, 0.2) is 28.9 Å². The van der Waals surface area contributed by atoms with Gasteiger partial charge in [0.15, 0.2) is 16.9 Å². The third kappa shape index (κ3) is 2.16. The van der Waals surface area contributed by atoms with Crippen molar-refractivity contribution in [3.8, 4) is 0 Å². The molecule has 3 aromatic rings. The number of aryl methyl sites for hydroxylation is 1. The molecule has 9 nitrogen and oxygen atoms in total. The normalized spacial score (nSPS) is 10.8. The lowest BCUT2D eigenvalue weighted by atomic mass is 10.3. The molecule has 0 atom stereocenters. The van der Waals surface area contributed by atoms with Gasteiger partial charge in [0.25, 0.3) is 11.7 Å². The minimum Gasteiger partial charge on any atom is -0.423 e. The Kier molecular flexibility index (Phi) is 2.78. The minimum absolute atomic E-state index is 0.0877. The summed E-state index contributed by atoms with van der Waals surface area (Å²) in [5.41, 5.74) is 0.486. The molecule has 0 amide bonds. The van der Waals surface area contributed by atoms with Gasteiger partial charge in [0.05, 0.1) is 11.5 Å². The van der Waals surface area contributed by atoms with Crippen molar-refractivity contribution in [2.24, 2.45) is 7.05 Å². The molecule has 0 saturated carbocycles. The molecule has 1 aromatic carbocycles. The third-order valence-corrected chi connectivity index (χ3v) is 2.64. The molecule has 2 aromatic heterocycles. The predicted octanol–water partition coefficient (Wildman–Crippen LogP) is 1.48. The summed E-state index contributed by atoms with van der Waals surface area (Å²) in [6.45, 7) is 0.321. The van der Waals surface area contributed by atoms with Gasteiger partial charge in [-0.1, -0.05) is 6.07 Å². The zero-order valence-electron chi connectivity index (χ0n) is 10.5. The SMILES string of the molecule is Cn1cnc(CNc2nc3c([N+](=O)[O-])cccc3o2)n1. The van der Waals surface area contributed by atoms with Crippen LogP contribution >= 0.6 is 0 Å². The molecular formula is C11H10N6O3. The van der Waals surface area contributed by atoms with Crippen LogP contribution in [0.2, 0.25) is 0 Å². The van der Waals surface area contributed by atoms with Crippen molar-refractivity contribution in [2.75, 3.05) is 5.32 Å². The minimum atomic E-state index is -0.491. The van der Waals surface area contributed by atoms with Gasteiger partial charge in [0, 0.05) is 13.1 Å². The molecule has 102 valence electrons. The van der Waals surface area contributed by atoms with Crippen molar-refractivity contribution in [1.29, 1.82) is 0 Å². The molecule has 2 heterocycles. The Hall–Kier alpha value is -2.97. The fourth-order valence-electron chi connectivity index (χ4n) is 1.78. The molecule has 0 spiro atoms. The van der Waals surface area contributed by atoms with Crippen LogP contribution in [-0.2, 0) is 13.6 Å². The van der Waals surface area contributed by atoms with Crippen molar-refractivity contribution < 1.29 is 9.34 Å². The van der Waals surface area contributed by atoms with Crippen molar-refractivity contribution in [1.82, 2.24) is 19.7 Å². The highest BCUT2D eigenvalue weighted by atomic mass is 16.6. The number of benzene rings is 1. The van der Waals surface area contributed by atoms with Crippen LogP contribution in [0, 0.1) is 10.1 Å². The average Bonchev–Trinajstić information content (AvgIpc) is 3.01. The summed E-state index contributed by atoms with van der Waals surface area (Å²) in [7, 11) is 1.76. The molecule has 0 bridgehead atoms. The van der Waals surface area contributed by atoms with Gasteiger partial charge in [-0.05, 0) is 6.07 Å². The van der Waals surface area contributed by atoms with Gasteiger partial charge in [-0.2, -0.15) is 10.1 Å². The van der Waals surface area contributed by atoms with E-state index in [0.717, 1.165) is 0 Å². The highest BCUT2D eigenvalue weighted by Gasteiger charge is 2.17. The summed E-state index contributed by atoms with van der Waals surface area (Å²) in [5, 5.41) is 17.9. The van der Waals surface area contributed by atoms with Gasteiger partial charge in [-0.25, -0.2) is 4.98 Å². The summed E-state index contributed by atoms with van der Waals surface area (Å²) in [4.78, 5) is 18.5. The number of aromatic nitrogens is 4. The number of nitrogens with one attached hydrogen (secondary N) is 1. The highest BCUT2D eigenvalue weighted by molar-refractivity contribution is 5.83. The standard InChI is InChI=1S/C11H10N6O3/c1-16-6-13-9(15-16)5-12-11-14-10-7(17(18)19)3-2-4-8(10)20-11/h2-4,6H,5H2,1H3,(H,12,14). The molecule has 20 heavy (non-hydrogen) atoms. The fraction of sp³-hybridized carbons (Fsp3) is 0.182. The van der Waals surface area contributed by atoms with Crippen LogP contribution in [0.4, 0.5) is 11.7 Å². The fourth-order valence-corrected chi connectivity index (χ4v) is 1.78. The molecule has 0 aliphatic carbocycles. The number of nitrogens with zero attached hydrogens (tertiary/aromatic N) is 5. The Morgan fingerprint density at radius 1 is 1.50 bits per heavy atom. The van der Waals surface area contributed by atoms with Crippen molar-refractivity contribution in [3.05, 3.63) is 40.5 Å². The molecule has 0 saturated heterocycles. The smallest absolute Gasteiger partial charge is 0.298 e. The quantitative estimate of drug-likeness (QED) is 0.566. The Bertz CT molecular complexity index is 777. The van der Waals surface area contributed by atoms with Gasteiger partial charge in [-0.3, -0.25) is 14.8 Å². The summed E-state index contributed by atoms with van der Waals surface area (Å²) in [6.07, 6.45) is 1.58. The van der Waals surface area contributed by atoms with E-state index < -0.39 is 4.92 Å². The van der Waals surface area contributed by atoms with Crippen LogP contribution in [-0.4, -0.2) is 24.7 Å². The van der Waals surface area contributed by atoms with Crippen molar-refractivity contribution in [2.45, 2.75) is 6.54 Å². The largest absolute Gasteiger partial charge is 0.423 e. The predicted molar refractivity (Wildman–Crippen MR) is 69.0 cm³/mol. The highest BCUT2D eigenvalue weighted by Crippen LogP contribution is 2.27. The number of hydrogen-bond donors (Lipinski definition) is 1. The maximum Gasteiger partial charge on any atom is 0.298 e. The summed E-state index contributed by atoms with van der Waals surface area (Å²) in [6, 6.07) is 4.76. The Balaban J connectivity index is 1.86. The number of para-hydroxylation sites is 1. The number of nitro groups is 1. The molecule has 0 radical (unpaired) electrons. The third-order valence-electron chi connectivity index (χ3n) is 2.64. The number of nitro benzene ring substituents is 1. The van der Waals surface area contributed by atoms with Crippen LogP contribution in [0.3, 0.4) is 0 Å². The first-order valence-corrected chi connectivity index (χ1v) is 5.76. The molecule has 9 heteroatoms. The first kappa shape index (κ1) is 12.1. The average molecular weight is 274 g/mol. The van der Waals surface area contributed by atoms with E-state index in [1.165, 1.54) is 6.07 Å². The van der Waals surface area contributed by atoms with E-state index >= 15 is 0 Å². The van der Waals surface area contributed by atoms with E-state index in [4.69, 9.17) is 4.42 Å². The van der Waals surface area contributed by atoms with E-state index in [0.29, 0.717) is 18.0 Å². The van der Waals surface area contributed by atoms with Gasteiger partial charge in [-0.15, -0.1) is 0 Å². The van der Waals surface area contributed by atoms with Crippen LogP contribution in [0.25, 0.3) is 11.1 Å². The van der Waals surface area contributed by atoms with E-state index in [2.05, 4.69) is 20.4 Å². The van der Waals surface area contributed by atoms with Crippen LogP contribution in [0.1, 0.15) is 5.82 Å². The number of rotatable bonds is 4. The maximum atomic E-state index is 10.9. The van der Waals surface area contributed by atoms with Gasteiger partial charge in [0.1, 0.15) is 6.33 Å². The lowest BCUT2D eigenvalue weighted by Gasteiger charge is -1.95. The number of non-ortho nitro benzene ring substituents is 1. The maximum absolute atomic E-state index is 10.9. The van der Waals surface area contributed by atoms with Crippen LogP contribution < -0.4 is 5.32 Å². The van der Waals surface area contributed by atoms with Crippen molar-refractivity contribution in [3.63, 3.8) is 0 Å². The summed E-state index contributed by atoms with van der Waals surface area (Å²) < 4.78 is 6.98. The topological polar surface area (TPSA) is 112 Å². The zero-order chi connectivity index (χ0) is 14.1. The lowest BCUT2D eigenvalue weighted by molar-refractivity contribution is -0.383. The zero-order valence-corrected chi connectivity index (χ0v) is 10.5. The molecule has 0 fully saturated rings. The number of fused-ring (bicyclic) bond motifs is 1. The first-order valence-electron chi connectivity index (χ1n) is 5.76. The van der Waals surface area contributed by atoms with Gasteiger partial charge in [0.2, 0.25) is 0 Å². The number of oxazole rings is 1. The summed E-state index contributed by atoms with van der Waals surface area (Å²) in [5.74, 6) is 0.573. The first-order chi connectivity index (χ1) is 9.63. The number of hydrogen-bond acceptors (Lipinski definition) is 7. The summed E-state index contributed by atoms with van der Waals surface area (Å²) >= 11 is 0. The van der Waals surface area contributed by atoms with E-state index in [1.54, 1.807) is 30.2 Å². The Labute approximate surface area is 112 Å². The second-order valence-electron chi connectivity index (χ2n) is 4.09. The van der Waals surface area contributed by atoms with E-state index in [9.17, 15) is 10.1 Å². The Morgan fingerprint density at radius 3 is 3.05 bits per heavy atom. The van der Waals surface area contributed by atoms with E-state index in [1.807, 2.05) is 0 Å². The van der Waals surface area contributed by atoms with Crippen LogP contribution in [0.5, 0.6) is 0 Å². The molecule has 0 aliphatic heterocycles. The number of anilines is 1. The van der Waals surface area contributed by atoms with Gasteiger partial charge >= 0.3 is 0 Å².